The van der Waals surface area contributed by atoms with Gasteiger partial charge in [0.2, 0.25) is 5.91 Å². The average Bonchev–Trinajstić information content (AvgIpc) is 2.81. The minimum absolute atomic E-state index is 0.0304. The topological polar surface area (TPSA) is 61.4 Å². The van der Waals surface area contributed by atoms with Gasteiger partial charge in [0.1, 0.15) is 5.75 Å². The normalized spacial score (nSPS) is 19.6. The number of aromatic hydroxyl groups is 1. The third-order valence-corrected chi connectivity index (χ3v) is 2.78. The van der Waals surface area contributed by atoms with Gasteiger partial charge in [-0.05, 0) is 37.1 Å². The summed E-state index contributed by atoms with van der Waals surface area (Å²) < 4.78 is 0. The molecule has 1 heterocycles. The monoisotopic (exact) mass is 220 g/mol. The Bertz CT molecular complexity index is 356. The van der Waals surface area contributed by atoms with E-state index in [-0.39, 0.29) is 17.7 Å². The SMILES string of the molecule is O=C(NCc1ccc(O)cc1)[C@H]1CCCN1. The number of phenols is 1. The van der Waals surface area contributed by atoms with Crippen molar-refractivity contribution in [3.8, 4) is 5.75 Å². The van der Waals surface area contributed by atoms with Crippen molar-refractivity contribution in [1.29, 1.82) is 0 Å². The Kier molecular flexibility index (Phi) is 3.41. The van der Waals surface area contributed by atoms with Gasteiger partial charge in [0, 0.05) is 6.54 Å². The zero-order valence-corrected chi connectivity index (χ0v) is 9.07. The first-order valence-corrected chi connectivity index (χ1v) is 5.55. The van der Waals surface area contributed by atoms with Crippen LogP contribution >= 0.6 is 0 Å². The number of rotatable bonds is 3. The Morgan fingerprint density at radius 3 is 2.81 bits per heavy atom. The van der Waals surface area contributed by atoms with E-state index >= 15 is 0 Å². The Hall–Kier alpha value is -1.55. The molecule has 0 saturated carbocycles. The molecular weight excluding hydrogens is 204 g/mol. The lowest BCUT2D eigenvalue weighted by molar-refractivity contribution is -0.122. The molecule has 0 aliphatic carbocycles. The van der Waals surface area contributed by atoms with Gasteiger partial charge in [-0.3, -0.25) is 4.79 Å². The highest BCUT2D eigenvalue weighted by Crippen LogP contribution is 2.10. The zero-order chi connectivity index (χ0) is 11.4. The van der Waals surface area contributed by atoms with Gasteiger partial charge < -0.3 is 15.7 Å². The van der Waals surface area contributed by atoms with Gasteiger partial charge in [0.05, 0.1) is 6.04 Å². The molecule has 86 valence electrons. The molecule has 0 bridgehead atoms. The van der Waals surface area contributed by atoms with Gasteiger partial charge >= 0.3 is 0 Å². The predicted octanol–water partition coefficient (Wildman–Crippen LogP) is 0.760. The van der Waals surface area contributed by atoms with E-state index < -0.39 is 0 Å². The van der Waals surface area contributed by atoms with Crippen LogP contribution in [0, 0.1) is 0 Å². The summed E-state index contributed by atoms with van der Waals surface area (Å²) >= 11 is 0. The van der Waals surface area contributed by atoms with Crippen LogP contribution in [-0.4, -0.2) is 23.6 Å². The molecule has 16 heavy (non-hydrogen) atoms. The second-order valence-corrected chi connectivity index (χ2v) is 4.03. The number of phenolic OH excluding ortho intramolecular Hbond substituents is 1. The van der Waals surface area contributed by atoms with Crippen molar-refractivity contribution in [2.24, 2.45) is 0 Å². The van der Waals surface area contributed by atoms with Crippen molar-refractivity contribution in [2.75, 3.05) is 6.54 Å². The summed E-state index contributed by atoms with van der Waals surface area (Å²) in [6.45, 7) is 1.44. The van der Waals surface area contributed by atoms with Crippen LogP contribution in [0.5, 0.6) is 5.75 Å². The Morgan fingerprint density at radius 2 is 2.19 bits per heavy atom. The molecule has 0 radical (unpaired) electrons. The van der Waals surface area contributed by atoms with Crippen molar-refractivity contribution in [3.63, 3.8) is 0 Å². The predicted molar refractivity (Wildman–Crippen MR) is 61.0 cm³/mol. The summed E-state index contributed by atoms with van der Waals surface area (Å²) in [5.41, 5.74) is 0.990. The minimum Gasteiger partial charge on any atom is -0.508 e. The molecule has 1 fully saturated rings. The van der Waals surface area contributed by atoms with Crippen LogP contribution in [0.15, 0.2) is 24.3 Å². The van der Waals surface area contributed by atoms with Crippen LogP contribution in [0.25, 0.3) is 0 Å². The number of nitrogens with one attached hydrogen (secondary N) is 2. The van der Waals surface area contributed by atoms with E-state index in [2.05, 4.69) is 10.6 Å². The molecule has 0 unspecified atom stereocenters. The van der Waals surface area contributed by atoms with Crippen LogP contribution in [0.1, 0.15) is 18.4 Å². The molecule has 1 aliphatic rings. The maximum Gasteiger partial charge on any atom is 0.237 e. The largest absolute Gasteiger partial charge is 0.508 e. The standard InChI is InChI=1S/C12H16N2O2/c15-10-5-3-9(4-6-10)8-14-12(16)11-2-1-7-13-11/h3-6,11,13,15H,1-2,7-8H2,(H,14,16)/t11-/m1/s1. The summed E-state index contributed by atoms with van der Waals surface area (Å²) in [6.07, 6.45) is 1.98. The maximum atomic E-state index is 11.7. The molecule has 3 N–H and O–H groups in total. The number of carbonyl (C=O) groups excluding carboxylic acids is 1. The number of amides is 1. The smallest absolute Gasteiger partial charge is 0.237 e. The molecule has 1 saturated heterocycles. The minimum atomic E-state index is -0.0304. The van der Waals surface area contributed by atoms with Gasteiger partial charge in [-0.2, -0.15) is 0 Å². The van der Waals surface area contributed by atoms with Crippen LogP contribution in [0.4, 0.5) is 0 Å². The van der Waals surface area contributed by atoms with Crippen LogP contribution < -0.4 is 10.6 Å². The summed E-state index contributed by atoms with van der Waals surface area (Å²) in [5, 5.41) is 15.1. The molecule has 1 aromatic rings. The second-order valence-electron chi connectivity index (χ2n) is 4.03. The van der Waals surface area contributed by atoms with E-state index in [1.807, 2.05) is 0 Å². The zero-order valence-electron chi connectivity index (χ0n) is 9.07. The quantitative estimate of drug-likeness (QED) is 0.704. The van der Waals surface area contributed by atoms with Gasteiger partial charge in [-0.15, -0.1) is 0 Å². The van der Waals surface area contributed by atoms with E-state index in [1.165, 1.54) is 0 Å². The average molecular weight is 220 g/mol. The van der Waals surface area contributed by atoms with Gasteiger partial charge in [0.15, 0.2) is 0 Å². The van der Waals surface area contributed by atoms with Gasteiger partial charge in [-0.1, -0.05) is 12.1 Å². The molecule has 1 atom stereocenters. The first-order valence-electron chi connectivity index (χ1n) is 5.55. The number of benzene rings is 1. The Balaban J connectivity index is 1.82. The number of carbonyl (C=O) groups is 1. The fourth-order valence-electron chi connectivity index (χ4n) is 1.83. The third kappa shape index (κ3) is 2.73. The van der Waals surface area contributed by atoms with Crippen molar-refractivity contribution < 1.29 is 9.90 Å². The lowest BCUT2D eigenvalue weighted by Crippen LogP contribution is -2.39. The van der Waals surface area contributed by atoms with E-state index in [0.717, 1.165) is 24.9 Å². The van der Waals surface area contributed by atoms with Crippen LogP contribution in [0.3, 0.4) is 0 Å². The molecule has 4 heteroatoms. The number of hydrogen-bond acceptors (Lipinski definition) is 3. The highest BCUT2D eigenvalue weighted by Gasteiger charge is 2.21. The fraction of sp³-hybridized carbons (Fsp3) is 0.417. The van der Waals surface area contributed by atoms with E-state index in [1.54, 1.807) is 24.3 Å². The van der Waals surface area contributed by atoms with E-state index in [9.17, 15) is 4.79 Å². The highest BCUT2D eigenvalue weighted by molar-refractivity contribution is 5.81. The summed E-state index contributed by atoms with van der Waals surface area (Å²) in [7, 11) is 0. The lowest BCUT2D eigenvalue weighted by atomic mass is 10.2. The van der Waals surface area contributed by atoms with Crippen molar-refractivity contribution >= 4 is 5.91 Å². The summed E-state index contributed by atoms with van der Waals surface area (Å²) in [5.74, 6) is 0.304. The molecule has 1 aromatic carbocycles. The third-order valence-electron chi connectivity index (χ3n) is 2.78. The molecule has 0 spiro atoms. The van der Waals surface area contributed by atoms with E-state index in [0.29, 0.717) is 6.54 Å². The second kappa shape index (κ2) is 4.99. The molecule has 4 nitrogen and oxygen atoms in total. The van der Waals surface area contributed by atoms with Crippen molar-refractivity contribution in [1.82, 2.24) is 10.6 Å². The first-order chi connectivity index (χ1) is 7.75. The molecule has 0 aromatic heterocycles. The fourth-order valence-corrected chi connectivity index (χ4v) is 1.83. The van der Waals surface area contributed by atoms with Crippen LogP contribution in [-0.2, 0) is 11.3 Å². The van der Waals surface area contributed by atoms with Gasteiger partial charge in [0.25, 0.3) is 0 Å². The van der Waals surface area contributed by atoms with Crippen molar-refractivity contribution in [3.05, 3.63) is 29.8 Å². The van der Waals surface area contributed by atoms with Crippen LogP contribution in [0.2, 0.25) is 0 Å². The molecule has 1 aliphatic heterocycles. The Labute approximate surface area is 94.7 Å². The molecule has 1 amide bonds. The first kappa shape index (κ1) is 11.0. The lowest BCUT2D eigenvalue weighted by Gasteiger charge is -2.10. The molecular formula is C12H16N2O2. The maximum absolute atomic E-state index is 11.7. The molecule has 2 rings (SSSR count). The highest BCUT2D eigenvalue weighted by atomic mass is 16.3. The Morgan fingerprint density at radius 1 is 1.44 bits per heavy atom. The summed E-state index contributed by atoms with van der Waals surface area (Å²) in [4.78, 5) is 11.7. The summed E-state index contributed by atoms with van der Waals surface area (Å²) in [6, 6.07) is 6.82. The van der Waals surface area contributed by atoms with E-state index in [4.69, 9.17) is 5.11 Å². The van der Waals surface area contributed by atoms with Crippen molar-refractivity contribution in [2.45, 2.75) is 25.4 Å². The van der Waals surface area contributed by atoms with Gasteiger partial charge in [-0.25, -0.2) is 0 Å². The number of hydrogen-bond donors (Lipinski definition) is 3.